The monoisotopic (exact) mass is 295 g/mol. The highest BCUT2D eigenvalue weighted by atomic mass is 19.3. The van der Waals surface area contributed by atoms with Crippen molar-refractivity contribution in [1.82, 2.24) is 0 Å². The van der Waals surface area contributed by atoms with Crippen molar-refractivity contribution in [2.24, 2.45) is 0 Å². The highest BCUT2D eigenvalue weighted by Gasteiger charge is 2.11. The molecule has 0 aliphatic carbocycles. The minimum atomic E-state index is -2.89. The van der Waals surface area contributed by atoms with Crippen LogP contribution in [0.25, 0.3) is 0 Å². The molecular formula is C15H15F2NO3. The number of phenols is 1. The minimum Gasteiger partial charge on any atom is -0.504 e. The molecule has 2 aromatic carbocycles. The van der Waals surface area contributed by atoms with Gasteiger partial charge in [-0.1, -0.05) is 24.3 Å². The summed E-state index contributed by atoms with van der Waals surface area (Å²) in [6, 6.07) is 11.4. The van der Waals surface area contributed by atoms with Crippen LogP contribution in [-0.2, 0) is 6.54 Å². The molecule has 0 heterocycles. The fourth-order valence-corrected chi connectivity index (χ4v) is 1.88. The van der Waals surface area contributed by atoms with Crippen molar-refractivity contribution in [2.75, 3.05) is 12.4 Å². The quantitative estimate of drug-likeness (QED) is 0.854. The maximum Gasteiger partial charge on any atom is 0.387 e. The molecule has 112 valence electrons. The van der Waals surface area contributed by atoms with Gasteiger partial charge in [-0.2, -0.15) is 8.78 Å². The lowest BCUT2D eigenvalue weighted by Gasteiger charge is -2.14. The second-order valence-electron chi connectivity index (χ2n) is 4.20. The van der Waals surface area contributed by atoms with E-state index in [-0.39, 0.29) is 18.0 Å². The summed E-state index contributed by atoms with van der Waals surface area (Å²) >= 11 is 0. The molecule has 2 N–H and O–H groups in total. The first-order chi connectivity index (χ1) is 10.1. The zero-order chi connectivity index (χ0) is 15.2. The van der Waals surface area contributed by atoms with Crippen molar-refractivity contribution in [1.29, 1.82) is 0 Å². The van der Waals surface area contributed by atoms with Gasteiger partial charge in [-0.3, -0.25) is 0 Å². The fraction of sp³-hybridized carbons (Fsp3) is 0.200. The number of methoxy groups -OCH3 is 1. The smallest absolute Gasteiger partial charge is 0.387 e. The Bertz CT molecular complexity index is 605. The van der Waals surface area contributed by atoms with Crippen molar-refractivity contribution >= 4 is 5.69 Å². The molecule has 21 heavy (non-hydrogen) atoms. The molecule has 0 saturated carbocycles. The summed E-state index contributed by atoms with van der Waals surface area (Å²) in [7, 11) is 1.46. The number of rotatable bonds is 6. The van der Waals surface area contributed by atoms with Gasteiger partial charge < -0.3 is 19.9 Å². The summed E-state index contributed by atoms with van der Waals surface area (Å²) < 4.78 is 34.1. The van der Waals surface area contributed by atoms with E-state index < -0.39 is 6.61 Å². The Balaban J connectivity index is 2.13. The molecule has 2 rings (SSSR count). The van der Waals surface area contributed by atoms with E-state index in [2.05, 4.69) is 10.1 Å². The number of ether oxygens (including phenoxy) is 2. The van der Waals surface area contributed by atoms with E-state index >= 15 is 0 Å². The predicted octanol–water partition coefficient (Wildman–Crippen LogP) is 3.61. The molecular weight excluding hydrogens is 280 g/mol. The lowest BCUT2D eigenvalue weighted by atomic mass is 10.1. The average Bonchev–Trinajstić information content (AvgIpc) is 2.47. The van der Waals surface area contributed by atoms with Gasteiger partial charge in [0.2, 0.25) is 0 Å². The molecule has 0 radical (unpaired) electrons. The average molecular weight is 295 g/mol. The number of nitrogens with one attached hydrogen (secondary N) is 1. The molecule has 0 saturated heterocycles. The summed E-state index contributed by atoms with van der Waals surface area (Å²) in [5, 5.41) is 12.9. The Morgan fingerprint density at radius 2 is 1.81 bits per heavy atom. The zero-order valence-corrected chi connectivity index (χ0v) is 11.3. The van der Waals surface area contributed by atoms with Gasteiger partial charge in [-0.15, -0.1) is 0 Å². The highest BCUT2D eigenvalue weighted by Crippen LogP contribution is 2.31. The van der Waals surface area contributed by atoms with Gasteiger partial charge in [0.25, 0.3) is 0 Å². The fourth-order valence-electron chi connectivity index (χ4n) is 1.88. The van der Waals surface area contributed by atoms with Gasteiger partial charge >= 0.3 is 6.61 Å². The van der Waals surface area contributed by atoms with E-state index in [0.717, 1.165) is 0 Å². The van der Waals surface area contributed by atoms with Crippen LogP contribution in [0.1, 0.15) is 5.56 Å². The molecule has 0 aliphatic rings. The Morgan fingerprint density at radius 3 is 2.52 bits per heavy atom. The SMILES string of the molecule is COc1cccc(CNc2ccccc2OC(F)F)c1O. The van der Waals surface area contributed by atoms with Crippen molar-refractivity contribution < 1.29 is 23.4 Å². The maximum absolute atomic E-state index is 12.3. The summed E-state index contributed by atoms with van der Waals surface area (Å²) in [5.41, 5.74) is 1.00. The van der Waals surface area contributed by atoms with E-state index in [0.29, 0.717) is 17.0 Å². The number of phenolic OH excluding ortho intramolecular Hbond substituents is 1. The van der Waals surface area contributed by atoms with Crippen molar-refractivity contribution in [3.8, 4) is 17.2 Å². The van der Waals surface area contributed by atoms with Gasteiger partial charge in [-0.25, -0.2) is 0 Å². The molecule has 0 unspecified atom stereocenters. The first-order valence-corrected chi connectivity index (χ1v) is 6.24. The molecule has 0 aromatic heterocycles. The van der Waals surface area contributed by atoms with Crippen LogP contribution in [0.15, 0.2) is 42.5 Å². The van der Waals surface area contributed by atoms with Crippen LogP contribution in [-0.4, -0.2) is 18.8 Å². The van der Waals surface area contributed by atoms with Gasteiger partial charge in [0.15, 0.2) is 11.5 Å². The van der Waals surface area contributed by atoms with Crippen molar-refractivity contribution in [3.63, 3.8) is 0 Å². The predicted molar refractivity (Wildman–Crippen MR) is 75.1 cm³/mol. The lowest BCUT2D eigenvalue weighted by Crippen LogP contribution is -2.06. The number of alkyl halides is 2. The molecule has 0 aliphatic heterocycles. The largest absolute Gasteiger partial charge is 0.504 e. The summed E-state index contributed by atoms with van der Waals surface area (Å²) in [5.74, 6) is 0.418. The van der Waals surface area contributed by atoms with Crippen molar-refractivity contribution in [2.45, 2.75) is 13.2 Å². The van der Waals surface area contributed by atoms with Gasteiger partial charge in [0.1, 0.15) is 5.75 Å². The van der Waals surface area contributed by atoms with Crippen LogP contribution in [0.5, 0.6) is 17.2 Å². The van der Waals surface area contributed by atoms with E-state index in [1.54, 1.807) is 36.4 Å². The Labute approximate surface area is 120 Å². The molecule has 0 spiro atoms. The first-order valence-electron chi connectivity index (χ1n) is 6.24. The number of hydrogen-bond donors (Lipinski definition) is 2. The van der Waals surface area contributed by atoms with Crippen LogP contribution in [0.2, 0.25) is 0 Å². The van der Waals surface area contributed by atoms with Crippen molar-refractivity contribution in [3.05, 3.63) is 48.0 Å². The van der Waals surface area contributed by atoms with Gasteiger partial charge in [-0.05, 0) is 18.2 Å². The normalized spacial score (nSPS) is 10.5. The minimum absolute atomic E-state index is 0.0137. The number of anilines is 1. The second kappa shape index (κ2) is 6.78. The van der Waals surface area contributed by atoms with E-state index in [1.165, 1.54) is 13.2 Å². The number of halogens is 2. The van der Waals surface area contributed by atoms with Crippen LogP contribution in [0, 0.1) is 0 Å². The standard InChI is InChI=1S/C15H15F2NO3/c1-20-13-8-4-5-10(14(13)19)9-18-11-6-2-3-7-12(11)21-15(16)17/h2-8,15,18-19H,9H2,1H3. The third-order valence-electron chi connectivity index (χ3n) is 2.87. The number of benzene rings is 2. The Kier molecular flexibility index (Phi) is 4.81. The second-order valence-corrected chi connectivity index (χ2v) is 4.20. The molecule has 0 amide bonds. The Hall–Kier alpha value is -2.50. The van der Waals surface area contributed by atoms with E-state index in [1.807, 2.05) is 0 Å². The van der Waals surface area contributed by atoms with Crippen LogP contribution in [0.4, 0.5) is 14.5 Å². The topological polar surface area (TPSA) is 50.7 Å². The van der Waals surface area contributed by atoms with Gasteiger partial charge in [0.05, 0.1) is 12.8 Å². The third-order valence-corrected chi connectivity index (χ3v) is 2.87. The third kappa shape index (κ3) is 3.75. The number of para-hydroxylation sites is 3. The summed E-state index contributed by atoms with van der Waals surface area (Å²) in [6.45, 7) is -2.65. The van der Waals surface area contributed by atoms with Crippen LogP contribution in [0.3, 0.4) is 0 Å². The first kappa shape index (κ1) is 14.9. The van der Waals surface area contributed by atoms with Crippen LogP contribution < -0.4 is 14.8 Å². The Morgan fingerprint density at radius 1 is 1.10 bits per heavy atom. The maximum atomic E-state index is 12.3. The lowest BCUT2D eigenvalue weighted by molar-refractivity contribution is -0.0493. The molecule has 6 heteroatoms. The van der Waals surface area contributed by atoms with Crippen LogP contribution >= 0.6 is 0 Å². The molecule has 0 fully saturated rings. The molecule has 2 aromatic rings. The summed E-state index contributed by atoms with van der Waals surface area (Å²) in [6.07, 6.45) is 0. The van der Waals surface area contributed by atoms with E-state index in [9.17, 15) is 13.9 Å². The van der Waals surface area contributed by atoms with Gasteiger partial charge in [0, 0.05) is 12.1 Å². The molecule has 0 atom stereocenters. The summed E-state index contributed by atoms with van der Waals surface area (Å²) in [4.78, 5) is 0. The number of hydrogen-bond acceptors (Lipinski definition) is 4. The van der Waals surface area contributed by atoms with E-state index in [4.69, 9.17) is 4.74 Å². The number of aromatic hydroxyl groups is 1. The highest BCUT2D eigenvalue weighted by molar-refractivity contribution is 5.57. The molecule has 4 nitrogen and oxygen atoms in total. The molecule has 0 bridgehead atoms. The zero-order valence-electron chi connectivity index (χ0n) is 11.3.